The Morgan fingerprint density at radius 3 is 2.74 bits per heavy atom. The fourth-order valence-corrected chi connectivity index (χ4v) is 6.01. The molecule has 4 rings (SSSR count). The second kappa shape index (κ2) is 6.06. The molecule has 8 heteroatoms. The van der Waals surface area contributed by atoms with E-state index < -0.39 is 9.74 Å². The molecule has 0 aromatic heterocycles. The van der Waals surface area contributed by atoms with E-state index in [-0.39, 0.29) is 31.1 Å². The molecule has 0 radical (unpaired) electrons. The van der Waals surface area contributed by atoms with Crippen molar-refractivity contribution in [3.63, 3.8) is 0 Å². The van der Waals surface area contributed by atoms with Gasteiger partial charge in [0, 0.05) is 19.9 Å². The smallest absolute Gasteiger partial charge is 0.260 e. The van der Waals surface area contributed by atoms with E-state index in [1.165, 1.54) is 16.7 Å². The number of fused-ring (bicyclic) bond motifs is 3. The van der Waals surface area contributed by atoms with E-state index in [1.807, 2.05) is 25.1 Å². The van der Waals surface area contributed by atoms with E-state index in [1.54, 1.807) is 18.9 Å². The molecule has 0 saturated carbocycles. The van der Waals surface area contributed by atoms with Crippen molar-refractivity contribution in [2.45, 2.75) is 48.9 Å². The molecular formula is C19H21N3O4S. The van der Waals surface area contributed by atoms with Gasteiger partial charge in [-0.05, 0) is 31.0 Å². The molecule has 7 nitrogen and oxygen atoms in total. The van der Waals surface area contributed by atoms with Gasteiger partial charge in [-0.25, -0.2) is 0 Å². The Labute approximate surface area is 162 Å². The lowest BCUT2D eigenvalue weighted by Crippen LogP contribution is -2.63. The number of nitriles is 1. The van der Waals surface area contributed by atoms with Crippen LogP contribution in [-0.4, -0.2) is 45.2 Å². The van der Waals surface area contributed by atoms with Crippen LogP contribution in [0.3, 0.4) is 0 Å². The summed E-state index contributed by atoms with van der Waals surface area (Å²) in [4.78, 5) is 27.8. The summed E-state index contributed by atoms with van der Waals surface area (Å²) in [5, 5.41) is 9.12. The SMILES string of the molecule is CCC(c1ccc2c(c1)OCO2)N1C(=O)C2(C)SC1(CCC#N)C(=O)N2C. The third-order valence-electron chi connectivity index (χ3n) is 5.71. The number of hydrogen-bond acceptors (Lipinski definition) is 6. The molecule has 142 valence electrons. The van der Waals surface area contributed by atoms with Crippen LogP contribution in [0.25, 0.3) is 0 Å². The van der Waals surface area contributed by atoms with Crippen LogP contribution in [0.4, 0.5) is 0 Å². The molecule has 3 aliphatic heterocycles. The average Bonchev–Trinajstić information content (AvgIpc) is 3.28. The molecule has 0 aliphatic carbocycles. The highest BCUT2D eigenvalue weighted by Crippen LogP contribution is 2.61. The minimum absolute atomic E-state index is 0.0861. The number of nitrogens with zero attached hydrogens (tertiary/aromatic N) is 3. The summed E-state index contributed by atoms with van der Waals surface area (Å²) in [6, 6.07) is 7.49. The number of benzene rings is 1. The third kappa shape index (κ3) is 2.27. The summed E-state index contributed by atoms with van der Waals surface area (Å²) in [5.41, 5.74) is 0.902. The normalized spacial score (nSPS) is 29.4. The first-order valence-electron chi connectivity index (χ1n) is 8.97. The number of rotatable bonds is 5. The molecule has 27 heavy (non-hydrogen) atoms. The third-order valence-corrected chi connectivity index (χ3v) is 7.47. The van der Waals surface area contributed by atoms with Crippen molar-refractivity contribution in [1.29, 1.82) is 5.26 Å². The minimum Gasteiger partial charge on any atom is -0.454 e. The standard InChI is InChI=1S/C19H21N3O4S/c1-4-13(12-6-7-14-15(10-12)26-11-25-14)22-16(23)18(2)21(3)17(24)19(22,27-18)8-5-9-20/h6-7,10,13H,4-5,8,11H2,1-3H3. The lowest BCUT2D eigenvalue weighted by Gasteiger charge is -2.44. The molecular weight excluding hydrogens is 366 g/mol. The number of hydrogen-bond donors (Lipinski definition) is 0. The van der Waals surface area contributed by atoms with Crippen molar-refractivity contribution in [2.75, 3.05) is 13.8 Å². The Morgan fingerprint density at radius 2 is 2.04 bits per heavy atom. The number of carbonyl (C=O) groups excluding carboxylic acids is 2. The van der Waals surface area contributed by atoms with Gasteiger partial charge in [0.25, 0.3) is 11.8 Å². The fourth-order valence-electron chi connectivity index (χ4n) is 4.21. The summed E-state index contributed by atoms with van der Waals surface area (Å²) >= 11 is 1.36. The zero-order chi connectivity index (χ0) is 19.4. The van der Waals surface area contributed by atoms with E-state index in [0.29, 0.717) is 24.3 Å². The first kappa shape index (κ1) is 18.0. The number of carbonyl (C=O) groups is 2. The van der Waals surface area contributed by atoms with Gasteiger partial charge in [0.1, 0.15) is 0 Å². The van der Waals surface area contributed by atoms with E-state index in [2.05, 4.69) is 6.07 Å². The molecule has 3 unspecified atom stereocenters. The van der Waals surface area contributed by atoms with Gasteiger partial charge in [-0.1, -0.05) is 24.8 Å². The van der Waals surface area contributed by atoms with Crippen molar-refractivity contribution in [3.8, 4) is 17.6 Å². The molecule has 0 N–H and O–H groups in total. The maximum Gasteiger partial charge on any atom is 0.260 e. The molecule has 2 bridgehead atoms. The van der Waals surface area contributed by atoms with Gasteiger partial charge in [0.2, 0.25) is 6.79 Å². The predicted molar refractivity (Wildman–Crippen MR) is 98.8 cm³/mol. The van der Waals surface area contributed by atoms with Crippen LogP contribution in [0.15, 0.2) is 18.2 Å². The number of likely N-dealkylation sites (N-methyl/N-ethyl adjacent to an activating group) is 1. The maximum absolute atomic E-state index is 13.4. The van der Waals surface area contributed by atoms with E-state index in [9.17, 15) is 9.59 Å². The average molecular weight is 387 g/mol. The minimum atomic E-state index is -1.03. The molecule has 1 aromatic carbocycles. The maximum atomic E-state index is 13.4. The van der Waals surface area contributed by atoms with Crippen LogP contribution in [0.2, 0.25) is 0 Å². The summed E-state index contributed by atoms with van der Waals surface area (Å²) < 4.78 is 10.9. The molecule has 1 aromatic rings. The summed E-state index contributed by atoms with van der Waals surface area (Å²) in [6.07, 6.45) is 1.18. The number of amides is 2. The van der Waals surface area contributed by atoms with Crippen LogP contribution in [0, 0.1) is 11.3 Å². The van der Waals surface area contributed by atoms with E-state index >= 15 is 0 Å². The number of ether oxygens (including phenoxy) is 2. The molecule has 0 spiro atoms. The van der Waals surface area contributed by atoms with Crippen molar-refractivity contribution in [1.82, 2.24) is 9.80 Å². The number of thioether (sulfide) groups is 1. The zero-order valence-corrected chi connectivity index (χ0v) is 16.3. The van der Waals surface area contributed by atoms with Crippen LogP contribution in [0.1, 0.15) is 44.7 Å². The molecule has 3 aliphatic rings. The lowest BCUT2D eigenvalue weighted by atomic mass is 9.94. The van der Waals surface area contributed by atoms with Gasteiger partial charge >= 0.3 is 0 Å². The van der Waals surface area contributed by atoms with E-state index in [4.69, 9.17) is 14.7 Å². The van der Waals surface area contributed by atoms with Gasteiger partial charge < -0.3 is 19.3 Å². The van der Waals surface area contributed by atoms with Crippen molar-refractivity contribution in [3.05, 3.63) is 23.8 Å². The molecule has 2 amide bonds. The highest BCUT2D eigenvalue weighted by atomic mass is 32.2. The zero-order valence-electron chi connectivity index (χ0n) is 15.5. The molecule has 3 heterocycles. The van der Waals surface area contributed by atoms with Crippen LogP contribution >= 0.6 is 11.8 Å². The van der Waals surface area contributed by atoms with Crippen molar-refractivity contribution in [2.24, 2.45) is 0 Å². The van der Waals surface area contributed by atoms with Crippen LogP contribution in [0.5, 0.6) is 11.5 Å². The highest BCUT2D eigenvalue weighted by molar-refractivity contribution is 8.04. The quantitative estimate of drug-likeness (QED) is 0.772. The Balaban J connectivity index is 1.79. The second-order valence-corrected chi connectivity index (χ2v) is 8.78. The molecule has 2 saturated heterocycles. The summed E-state index contributed by atoms with van der Waals surface area (Å²) in [5.74, 6) is 1.14. The Bertz CT molecular complexity index is 869. The highest BCUT2D eigenvalue weighted by Gasteiger charge is 2.72. The summed E-state index contributed by atoms with van der Waals surface area (Å²) in [7, 11) is 1.67. The predicted octanol–water partition coefficient (Wildman–Crippen LogP) is 2.63. The molecule has 3 atom stereocenters. The van der Waals surface area contributed by atoms with Gasteiger partial charge in [-0.2, -0.15) is 5.26 Å². The lowest BCUT2D eigenvalue weighted by molar-refractivity contribution is -0.162. The van der Waals surface area contributed by atoms with Crippen molar-refractivity contribution < 1.29 is 19.1 Å². The van der Waals surface area contributed by atoms with Gasteiger partial charge in [-0.15, -0.1) is 0 Å². The van der Waals surface area contributed by atoms with Crippen molar-refractivity contribution >= 4 is 23.6 Å². The monoisotopic (exact) mass is 387 g/mol. The number of piperazine rings is 1. The van der Waals surface area contributed by atoms with E-state index in [0.717, 1.165) is 5.56 Å². The Hall–Kier alpha value is -2.40. The van der Waals surface area contributed by atoms with Crippen LogP contribution < -0.4 is 9.47 Å². The fraction of sp³-hybridized carbons (Fsp3) is 0.526. The second-order valence-electron chi connectivity index (χ2n) is 7.10. The topological polar surface area (TPSA) is 82.9 Å². The Kier molecular flexibility index (Phi) is 4.04. The summed E-state index contributed by atoms with van der Waals surface area (Å²) in [6.45, 7) is 3.97. The first-order chi connectivity index (χ1) is 12.9. The Morgan fingerprint density at radius 1 is 1.30 bits per heavy atom. The van der Waals surface area contributed by atoms with Gasteiger partial charge in [0.05, 0.1) is 12.1 Å². The molecule has 2 fully saturated rings. The largest absolute Gasteiger partial charge is 0.454 e. The first-order valence-corrected chi connectivity index (χ1v) is 9.79. The van der Waals surface area contributed by atoms with Crippen LogP contribution in [-0.2, 0) is 9.59 Å². The van der Waals surface area contributed by atoms with Gasteiger partial charge in [-0.3, -0.25) is 9.59 Å². The van der Waals surface area contributed by atoms with Gasteiger partial charge in [0.15, 0.2) is 21.2 Å².